The van der Waals surface area contributed by atoms with Crippen molar-refractivity contribution >= 4 is 5.69 Å². The molecule has 0 aliphatic carbocycles. The van der Waals surface area contributed by atoms with E-state index in [1.807, 2.05) is 13.0 Å². The highest BCUT2D eigenvalue weighted by Crippen LogP contribution is 2.28. The minimum atomic E-state index is 0.545. The summed E-state index contributed by atoms with van der Waals surface area (Å²) in [5.41, 5.74) is 11.4. The smallest absolute Gasteiger partial charge is 0.102 e. The van der Waals surface area contributed by atoms with Gasteiger partial charge < -0.3 is 5.73 Å². The van der Waals surface area contributed by atoms with Crippen LogP contribution in [0.4, 0.5) is 5.69 Å². The topological polar surface area (TPSA) is 49.8 Å². The number of anilines is 1. The van der Waals surface area contributed by atoms with Gasteiger partial charge in [0.1, 0.15) is 6.07 Å². The summed E-state index contributed by atoms with van der Waals surface area (Å²) in [4.78, 5) is 0. The van der Waals surface area contributed by atoms with Crippen LogP contribution >= 0.6 is 0 Å². The first-order valence-corrected chi connectivity index (χ1v) is 6.05. The standard InChI is InChI=1S/C16H16N2/c1-3-12-4-6-13(7-5-12)14-8-9-16(18)15(10-17)11(14)2/h4-9H,3,18H2,1-2H3. The molecule has 0 aromatic heterocycles. The van der Waals surface area contributed by atoms with E-state index in [0.717, 1.165) is 23.1 Å². The Bertz CT molecular complexity index is 604. The molecule has 2 aromatic carbocycles. The Morgan fingerprint density at radius 3 is 2.33 bits per heavy atom. The number of hydrogen-bond donors (Lipinski definition) is 1. The van der Waals surface area contributed by atoms with Crippen molar-refractivity contribution in [1.29, 1.82) is 5.26 Å². The second-order valence-electron chi connectivity index (χ2n) is 4.36. The van der Waals surface area contributed by atoms with Crippen molar-refractivity contribution in [2.75, 3.05) is 5.73 Å². The molecule has 2 nitrogen and oxygen atoms in total. The molecule has 0 saturated carbocycles. The van der Waals surface area contributed by atoms with Crippen molar-refractivity contribution in [2.24, 2.45) is 0 Å². The molecule has 0 unspecified atom stereocenters. The van der Waals surface area contributed by atoms with Gasteiger partial charge in [0.25, 0.3) is 0 Å². The molecule has 2 heteroatoms. The lowest BCUT2D eigenvalue weighted by atomic mass is 9.95. The van der Waals surface area contributed by atoms with Gasteiger partial charge in [-0.3, -0.25) is 0 Å². The van der Waals surface area contributed by atoms with Crippen LogP contribution in [0.3, 0.4) is 0 Å². The molecule has 0 heterocycles. The Kier molecular flexibility index (Phi) is 3.34. The number of benzene rings is 2. The molecule has 0 bridgehead atoms. The maximum absolute atomic E-state index is 9.12. The third-order valence-corrected chi connectivity index (χ3v) is 3.28. The summed E-state index contributed by atoms with van der Waals surface area (Å²) in [5, 5.41) is 9.12. The van der Waals surface area contributed by atoms with Crippen LogP contribution in [0.2, 0.25) is 0 Å². The number of nitrogen functional groups attached to an aromatic ring is 1. The fourth-order valence-corrected chi connectivity index (χ4v) is 2.11. The van der Waals surface area contributed by atoms with E-state index in [-0.39, 0.29) is 0 Å². The third kappa shape index (κ3) is 2.08. The number of nitrogens with zero attached hydrogens (tertiary/aromatic N) is 1. The molecule has 0 amide bonds. The second kappa shape index (κ2) is 4.93. The van der Waals surface area contributed by atoms with E-state index < -0.39 is 0 Å². The van der Waals surface area contributed by atoms with Crippen molar-refractivity contribution in [1.82, 2.24) is 0 Å². The van der Waals surface area contributed by atoms with Crippen LogP contribution in [-0.2, 0) is 6.42 Å². The van der Waals surface area contributed by atoms with Gasteiger partial charge >= 0.3 is 0 Å². The number of rotatable bonds is 2. The molecule has 90 valence electrons. The van der Waals surface area contributed by atoms with E-state index >= 15 is 0 Å². The van der Waals surface area contributed by atoms with Crippen LogP contribution < -0.4 is 5.73 Å². The van der Waals surface area contributed by atoms with Gasteiger partial charge in [0.2, 0.25) is 0 Å². The number of nitrogens with two attached hydrogens (primary N) is 1. The fraction of sp³-hybridized carbons (Fsp3) is 0.188. The second-order valence-corrected chi connectivity index (χ2v) is 4.36. The normalized spacial score (nSPS) is 10.1. The van der Waals surface area contributed by atoms with Gasteiger partial charge in [0.15, 0.2) is 0 Å². The van der Waals surface area contributed by atoms with Gasteiger partial charge in [-0.2, -0.15) is 5.26 Å². The highest BCUT2D eigenvalue weighted by Gasteiger charge is 2.09. The van der Waals surface area contributed by atoms with Crippen molar-refractivity contribution in [3.8, 4) is 17.2 Å². The lowest BCUT2D eigenvalue weighted by molar-refractivity contribution is 1.14. The molecular weight excluding hydrogens is 220 g/mol. The predicted octanol–water partition coefficient (Wildman–Crippen LogP) is 3.68. The van der Waals surface area contributed by atoms with Crippen LogP contribution in [0.1, 0.15) is 23.6 Å². The van der Waals surface area contributed by atoms with Crippen LogP contribution in [0, 0.1) is 18.3 Å². The van der Waals surface area contributed by atoms with Gasteiger partial charge in [0, 0.05) is 5.69 Å². The highest BCUT2D eigenvalue weighted by atomic mass is 14.6. The maximum Gasteiger partial charge on any atom is 0.102 e. The van der Waals surface area contributed by atoms with Crippen LogP contribution in [0.25, 0.3) is 11.1 Å². The SMILES string of the molecule is CCc1ccc(-c2ccc(N)c(C#N)c2C)cc1. The lowest BCUT2D eigenvalue weighted by Crippen LogP contribution is -1.95. The van der Waals surface area contributed by atoms with E-state index in [9.17, 15) is 0 Å². The number of aryl methyl sites for hydroxylation is 1. The first-order chi connectivity index (χ1) is 8.67. The van der Waals surface area contributed by atoms with Crippen molar-refractivity contribution in [3.05, 3.63) is 53.1 Å². The van der Waals surface area contributed by atoms with Crippen LogP contribution in [-0.4, -0.2) is 0 Å². The first kappa shape index (κ1) is 12.2. The van der Waals surface area contributed by atoms with E-state index in [4.69, 9.17) is 11.0 Å². The largest absolute Gasteiger partial charge is 0.398 e. The first-order valence-electron chi connectivity index (χ1n) is 6.05. The number of hydrogen-bond acceptors (Lipinski definition) is 2. The van der Waals surface area contributed by atoms with Gasteiger partial charge in [-0.1, -0.05) is 37.3 Å². The molecule has 0 saturated heterocycles. The highest BCUT2D eigenvalue weighted by molar-refractivity contribution is 5.74. The Labute approximate surface area is 108 Å². The molecule has 0 aliphatic heterocycles. The van der Waals surface area contributed by atoms with Gasteiger partial charge in [-0.05, 0) is 41.7 Å². The molecule has 0 aliphatic rings. The quantitative estimate of drug-likeness (QED) is 0.809. The molecule has 0 spiro atoms. The molecule has 18 heavy (non-hydrogen) atoms. The minimum absolute atomic E-state index is 0.545. The zero-order valence-corrected chi connectivity index (χ0v) is 10.7. The van der Waals surface area contributed by atoms with E-state index in [1.54, 1.807) is 6.07 Å². The van der Waals surface area contributed by atoms with Gasteiger partial charge in [-0.15, -0.1) is 0 Å². The van der Waals surface area contributed by atoms with E-state index in [0.29, 0.717) is 11.3 Å². The van der Waals surface area contributed by atoms with Gasteiger partial charge in [0.05, 0.1) is 5.56 Å². The molecule has 2 rings (SSSR count). The molecule has 0 fully saturated rings. The van der Waals surface area contributed by atoms with Crippen molar-refractivity contribution in [2.45, 2.75) is 20.3 Å². The Hall–Kier alpha value is -2.27. The minimum Gasteiger partial charge on any atom is -0.398 e. The molecule has 0 radical (unpaired) electrons. The van der Waals surface area contributed by atoms with E-state index in [1.165, 1.54) is 5.56 Å². The molecule has 2 N–H and O–H groups in total. The zero-order valence-electron chi connectivity index (χ0n) is 10.7. The summed E-state index contributed by atoms with van der Waals surface area (Å²) < 4.78 is 0. The summed E-state index contributed by atoms with van der Waals surface area (Å²) in [7, 11) is 0. The van der Waals surface area contributed by atoms with E-state index in [2.05, 4.69) is 37.3 Å². The zero-order chi connectivity index (χ0) is 13.1. The Morgan fingerprint density at radius 1 is 1.11 bits per heavy atom. The fourth-order valence-electron chi connectivity index (χ4n) is 2.11. The average Bonchev–Trinajstić information content (AvgIpc) is 2.40. The number of nitriles is 1. The summed E-state index contributed by atoms with van der Waals surface area (Å²) in [5.74, 6) is 0. The molecule has 2 aromatic rings. The summed E-state index contributed by atoms with van der Waals surface area (Å²) >= 11 is 0. The average molecular weight is 236 g/mol. The Morgan fingerprint density at radius 2 is 1.78 bits per heavy atom. The van der Waals surface area contributed by atoms with Gasteiger partial charge in [-0.25, -0.2) is 0 Å². The Balaban J connectivity index is 2.54. The monoisotopic (exact) mass is 236 g/mol. The lowest BCUT2D eigenvalue weighted by Gasteiger charge is -2.10. The summed E-state index contributed by atoms with van der Waals surface area (Å²) in [6, 6.07) is 14.4. The molecule has 0 atom stereocenters. The third-order valence-electron chi connectivity index (χ3n) is 3.28. The predicted molar refractivity (Wildman–Crippen MR) is 75.1 cm³/mol. The van der Waals surface area contributed by atoms with Crippen LogP contribution in [0.5, 0.6) is 0 Å². The van der Waals surface area contributed by atoms with Crippen molar-refractivity contribution < 1.29 is 0 Å². The van der Waals surface area contributed by atoms with Crippen molar-refractivity contribution in [3.63, 3.8) is 0 Å². The summed E-state index contributed by atoms with van der Waals surface area (Å²) in [6.45, 7) is 4.08. The summed E-state index contributed by atoms with van der Waals surface area (Å²) in [6.07, 6.45) is 1.03. The molecular formula is C16H16N2. The maximum atomic E-state index is 9.12. The van der Waals surface area contributed by atoms with Crippen LogP contribution in [0.15, 0.2) is 36.4 Å².